The lowest BCUT2D eigenvalue weighted by atomic mass is 9.99. The van der Waals surface area contributed by atoms with Crippen LogP contribution in [0.4, 0.5) is 11.5 Å². The molecule has 0 spiro atoms. The van der Waals surface area contributed by atoms with Crippen molar-refractivity contribution in [2.45, 2.75) is 32.1 Å². The minimum absolute atomic E-state index is 0.640. The Bertz CT molecular complexity index is 3750. The Morgan fingerprint density at radius 1 is 0.667 bits per heavy atom. The molecule has 10 nitrogen and oxygen atoms in total. The van der Waals surface area contributed by atoms with Gasteiger partial charge in [-0.3, -0.25) is 24.5 Å². The second-order valence-corrected chi connectivity index (χ2v) is 17.6. The van der Waals surface area contributed by atoms with Crippen LogP contribution in [0.5, 0.6) is 0 Å². The van der Waals surface area contributed by atoms with Gasteiger partial charge in [-0.15, -0.1) is 0 Å². The van der Waals surface area contributed by atoms with Gasteiger partial charge in [0.15, 0.2) is 0 Å². The number of pyridine rings is 3. The number of para-hydroxylation sites is 2. The number of fused-ring (bicyclic) bond motifs is 6. The molecule has 6 aromatic heterocycles. The maximum Gasteiger partial charge on any atom is 0.145 e. The van der Waals surface area contributed by atoms with Crippen molar-refractivity contribution in [3.63, 3.8) is 0 Å². The van der Waals surface area contributed by atoms with Gasteiger partial charge in [-0.2, -0.15) is 5.10 Å². The molecule has 2 aliphatic carbocycles. The summed E-state index contributed by atoms with van der Waals surface area (Å²) in [6.45, 7) is 4.06. The molecule has 0 amide bonds. The third-order valence-electron chi connectivity index (χ3n) is 13.3. The van der Waals surface area contributed by atoms with Gasteiger partial charge in [0, 0.05) is 71.2 Å². The van der Waals surface area contributed by atoms with Gasteiger partial charge in [-0.05, 0) is 145 Å². The van der Waals surface area contributed by atoms with Gasteiger partial charge in [0.2, 0.25) is 0 Å². The molecule has 2 N–H and O–H groups in total. The molecule has 0 aliphatic heterocycles. The lowest BCUT2D eigenvalue weighted by Gasteiger charge is -2.12. The van der Waals surface area contributed by atoms with Crippen LogP contribution in [0.15, 0.2) is 185 Å². The van der Waals surface area contributed by atoms with Crippen LogP contribution < -0.4 is 5.43 Å². The first-order valence-corrected chi connectivity index (χ1v) is 23.2. The first-order chi connectivity index (χ1) is 34.1. The second-order valence-electron chi connectivity index (χ2n) is 17.6. The maximum atomic E-state index is 7.34. The number of benzene rings is 4. The van der Waals surface area contributed by atoms with Gasteiger partial charge in [-0.25, -0.2) is 9.97 Å². The highest BCUT2D eigenvalue weighted by molar-refractivity contribution is 6.14. The topological polar surface area (TPSA) is 114 Å². The highest BCUT2D eigenvalue weighted by Gasteiger charge is 2.23. The molecule has 12 rings (SSSR count). The summed E-state index contributed by atoms with van der Waals surface area (Å²) in [5, 5.41) is 13.9. The normalized spacial score (nSPS) is 13.2. The van der Waals surface area contributed by atoms with Crippen molar-refractivity contribution in [1.82, 2.24) is 28.7 Å². The molecule has 2 aliphatic rings. The van der Waals surface area contributed by atoms with E-state index in [2.05, 4.69) is 156 Å². The number of rotatable bonds is 14. The van der Waals surface area contributed by atoms with Gasteiger partial charge >= 0.3 is 0 Å². The summed E-state index contributed by atoms with van der Waals surface area (Å²) in [5.74, 6) is 0.809. The molecule has 10 aromatic rings. The Labute approximate surface area is 399 Å². The van der Waals surface area contributed by atoms with E-state index in [4.69, 9.17) is 15.4 Å². The third kappa shape index (κ3) is 7.67. The smallest absolute Gasteiger partial charge is 0.145 e. The minimum atomic E-state index is 0.640. The zero-order chi connectivity index (χ0) is 46.3. The Hall–Kier alpha value is -9.02. The van der Waals surface area contributed by atoms with Gasteiger partial charge in [0.1, 0.15) is 22.7 Å². The summed E-state index contributed by atoms with van der Waals surface area (Å²) >= 11 is 0. The molecule has 10 heteroatoms. The van der Waals surface area contributed by atoms with E-state index in [-0.39, 0.29) is 0 Å². The highest BCUT2D eigenvalue weighted by Crippen LogP contribution is 2.39. The number of nitrogens with one attached hydrogen (secondary N) is 2. The number of aromatic nitrogens is 6. The summed E-state index contributed by atoms with van der Waals surface area (Å²) < 4.78 is 6.60. The molecule has 0 fully saturated rings. The fourth-order valence-electron chi connectivity index (χ4n) is 10.3. The zero-order valence-corrected chi connectivity index (χ0v) is 37.8. The molecule has 0 radical (unpaired) electrons. The molecule has 69 heavy (non-hydrogen) atoms. The van der Waals surface area contributed by atoms with Crippen LogP contribution in [0.1, 0.15) is 44.9 Å². The first kappa shape index (κ1) is 41.4. The third-order valence-corrected chi connectivity index (χ3v) is 13.3. The number of allylic oxidation sites excluding steroid dienone is 3. The van der Waals surface area contributed by atoms with Crippen molar-refractivity contribution in [3.05, 3.63) is 220 Å². The Balaban J connectivity index is 0.789. The number of hydrogen-bond donors (Lipinski definition) is 2. The molecule has 6 heterocycles. The average Bonchev–Trinajstić information content (AvgIpc) is 4.21. The standard InChI is InChI=1S/C59H46N10/c1-61-57-54(16-8-14-49-19-22-56(66-64-29-25-60)67(49)47-10-4-2-5-11-47)68(48-12-6-3-7-13-48)55-21-18-46(65-58(55)57)35-41-33-44-37-42-31-40(32-43(42)38-45(44)34-41)30-39-17-20-53-52(36-39)51-15-9-26-63-59(51)69(53)50-23-27-62-28-24-50/h2-13,15-29,31,34,36-38,60,66H,1,14,30,32-33,35H2/b16-8-,60-25?,64-29-. The number of hydrogen-bond acceptors (Lipinski definition) is 7. The van der Waals surface area contributed by atoms with Crippen LogP contribution in [0.25, 0.3) is 68.3 Å². The number of aliphatic imine (C=N–C) groups is 1. The highest BCUT2D eigenvalue weighted by atomic mass is 15.3. The minimum Gasteiger partial charge on any atom is -0.307 e. The molecule has 0 bridgehead atoms. The molecule has 332 valence electrons. The molecular weight excluding hydrogens is 849 g/mol. The van der Waals surface area contributed by atoms with E-state index in [9.17, 15) is 0 Å². The van der Waals surface area contributed by atoms with Gasteiger partial charge in [-0.1, -0.05) is 84.0 Å². The molecule has 4 aromatic carbocycles. The SMILES string of the molecule is C=Nc1c(/C=C\Cc2ccc(N/N=C\C=N)n2-c2ccccc2)n(-c2ccccc2)c2ccc(CC3=Cc4cc5c(cc4C3)C=C(Cc3ccc4c(c3)c3cccnc3n4-c3ccncc3)C5)nc12. The van der Waals surface area contributed by atoms with E-state index in [1.54, 1.807) is 0 Å². The van der Waals surface area contributed by atoms with Crippen LogP contribution in [0, 0.1) is 5.41 Å². The van der Waals surface area contributed by atoms with Crippen molar-refractivity contribution in [3.8, 4) is 17.1 Å². The van der Waals surface area contributed by atoms with Crippen LogP contribution >= 0.6 is 0 Å². The van der Waals surface area contributed by atoms with E-state index in [1.807, 2.05) is 67.1 Å². The predicted octanol–water partition coefficient (Wildman–Crippen LogP) is 12.7. The molecule has 0 saturated heterocycles. The van der Waals surface area contributed by atoms with Crippen LogP contribution in [0.2, 0.25) is 0 Å². The second kappa shape index (κ2) is 17.7. The van der Waals surface area contributed by atoms with Crippen LogP contribution in [-0.2, 0) is 32.1 Å². The van der Waals surface area contributed by atoms with E-state index >= 15 is 0 Å². The van der Waals surface area contributed by atoms with E-state index < -0.39 is 0 Å². The Morgan fingerprint density at radius 3 is 2.12 bits per heavy atom. The molecule has 0 atom stereocenters. The van der Waals surface area contributed by atoms with Crippen LogP contribution in [0.3, 0.4) is 0 Å². The summed E-state index contributed by atoms with van der Waals surface area (Å²) in [6.07, 6.45) is 21.3. The van der Waals surface area contributed by atoms with E-state index in [0.717, 1.165) is 105 Å². The van der Waals surface area contributed by atoms with Crippen molar-refractivity contribution < 1.29 is 0 Å². The van der Waals surface area contributed by atoms with Crippen molar-refractivity contribution in [2.24, 2.45) is 10.1 Å². The van der Waals surface area contributed by atoms with Gasteiger partial charge < -0.3 is 9.98 Å². The van der Waals surface area contributed by atoms with Gasteiger partial charge in [0.05, 0.1) is 28.6 Å². The quantitative estimate of drug-likeness (QED) is 0.0836. The van der Waals surface area contributed by atoms with Crippen molar-refractivity contribution in [1.29, 1.82) is 5.41 Å². The maximum absolute atomic E-state index is 7.34. The fraction of sp³-hybridized carbons (Fsp3) is 0.0847. The Kier molecular flexibility index (Phi) is 10.6. The largest absolute Gasteiger partial charge is 0.307 e. The monoisotopic (exact) mass is 894 g/mol. The number of anilines is 1. The van der Waals surface area contributed by atoms with Crippen molar-refractivity contribution >= 4 is 81.8 Å². The molecule has 0 saturated carbocycles. The zero-order valence-electron chi connectivity index (χ0n) is 37.8. The number of hydrazone groups is 1. The summed E-state index contributed by atoms with van der Waals surface area (Å²) in [5.41, 5.74) is 23.4. The first-order valence-electron chi connectivity index (χ1n) is 23.2. The molecular formula is C59H46N10. The fourth-order valence-corrected chi connectivity index (χ4v) is 10.3. The van der Waals surface area contributed by atoms with Gasteiger partial charge in [0.25, 0.3) is 0 Å². The predicted molar refractivity (Wildman–Crippen MR) is 283 cm³/mol. The lowest BCUT2D eigenvalue weighted by Crippen LogP contribution is -2.04. The average molecular weight is 895 g/mol. The summed E-state index contributed by atoms with van der Waals surface area (Å²) in [4.78, 5) is 19.0. The van der Waals surface area contributed by atoms with Crippen LogP contribution in [-0.4, -0.2) is 47.8 Å². The molecule has 0 unspecified atom stereocenters. The summed E-state index contributed by atoms with van der Waals surface area (Å²) in [7, 11) is 0. The summed E-state index contributed by atoms with van der Waals surface area (Å²) in [6, 6.07) is 49.0. The van der Waals surface area contributed by atoms with Crippen molar-refractivity contribution in [2.75, 3.05) is 5.43 Å². The Morgan fingerprint density at radius 2 is 1.38 bits per heavy atom. The van der Waals surface area contributed by atoms with E-state index in [1.165, 1.54) is 50.6 Å². The lowest BCUT2D eigenvalue weighted by molar-refractivity contribution is 0.971. The number of nitrogens with zero attached hydrogens (tertiary/aromatic N) is 8. The van der Waals surface area contributed by atoms with E-state index in [0.29, 0.717) is 6.42 Å².